The van der Waals surface area contributed by atoms with Crippen LogP contribution in [0.15, 0.2) is 0 Å². The van der Waals surface area contributed by atoms with Crippen molar-refractivity contribution in [1.82, 2.24) is 0 Å². The second-order valence-electron chi connectivity index (χ2n) is 3.58. The van der Waals surface area contributed by atoms with Crippen LogP contribution in [0.3, 0.4) is 0 Å². The van der Waals surface area contributed by atoms with E-state index in [2.05, 4.69) is 0 Å². The third-order valence-electron chi connectivity index (χ3n) is 2.23. The summed E-state index contributed by atoms with van der Waals surface area (Å²) in [4.78, 5) is 0. The summed E-state index contributed by atoms with van der Waals surface area (Å²) in [6.45, 7) is 1.82. The first-order valence-electron chi connectivity index (χ1n) is 4.32. The van der Waals surface area contributed by atoms with E-state index in [0.717, 1.165) is 6.26 Å². The molecule has 0 N–H and O–H groups in total. The molecule has 0 aromatic heterocycles. The maximum Gasteiger partial charge on any atom is 0.264 e. The fourth-order valence-corrected chi connectivity index (χ4v) is 4.44. The average Bonchev–Trinajstić information content (AvgIpc) is 2.21. The molecule has 0 aliphatic carbocycles. The van der Waals surface area contributed by atoms with Crippen LogP contribution in [0.4, 0.5) is 0 Å². The monoisotopic (exact) mass is 242 g/mol. The van der Waals surface area contributed by atoms with E-state index in [1.165, 1.54) is 0 Å². The third-order valence-corrected chi connectivity index (χ3v) is 4.60. The first-order valence-corrected chi connectivity index (χ1v) is 7.96. The molecular formula is C7H14O5S2. The molecule has 7 heteroatoms. The Morgan fingerprint density at radius 2 is 1.93 bits per heavy atom. The fourth-order valence-electron chi connectivity index (χ4n) is 1.60. The Kier molecular flexibility index (Phi) is 3.23. The summed E-state index contributed by atoms with van der Waals surface area (Å²) >= 11 is 0. The minimum atomic E-state index is -3.57. The SMILES string of the molecule is CC[C@H]1CS(=O)(=O)C[C@H]1OS(C)(=O)=O. The lowest BCUT2D eigenvalue weighted by Crippen LogP contribution is -2.24. The molecule has 1 fully saturated rings. The van der Waals surface area contributed by atoms with E-state index >= 15 is 0 Å². The molecule has 0 aromatic rings. The molecule has 0 saturated carbocycles. The van der Waals surface area contributed by atoms with Gasteiger partial charge in [-0.05, 0) is 6.42 Å². The number of rotatable bonds is 3. The molecule has 0 aromatic carbocycles. The lowest BCUT2D eigenvalue weighted by molar-refractivity contribution is 0.182. The predicted molar refractivity (Wildman–Crippen MR) is 52.2 cm³/mol. The summed E-state index contributed by atoms with van der Waals surface area (Å²) < 4.78 is 48.9. The Balaban J connectivity index is 2.80. The lowest BCUT2D eigenvalue weighted by atomic mass is 10.0. The standard InChI is InChI=1S/C7H14O5S2/c1-3-6-4-14(10,11)5-7(6)12-13(2,8)9/h6-7H,3-5H2,1-2H3/t6-,7+/m0/s1. The first kappa shape index (κ1) is 11.9. The number of hydrogen-bond acceptors (Lipinski definition) is 5. The fraction of sp³-hybridized carbons (Fsp3) is 1.00. The summed E-state index contributed by atoms with van der Waals surface area (Å²) in [6.07, 6.45) is 0.851. The van der Waals surface area contributed by atoms with Gasteiger partial charge in [-0.3, -0.25) is 4.18 Å². The van der Waals surface area contributed by atoms with Gasteiger partial charge in [0.15, 0.2) is 9.84 Å². The summed E-state index contributed by atoms with van der Waals surface area (Å²) in [7, 11) is -6.68. The van der Waals surface area contributed by atoms with Gasteiger partial charge >= 0.3 is 0 Å². The van der Waals surface area contributed by atoms with Crippen molar-refractivity contribution in [2.75, 3.05) is 17.8 Å². The molecule has 1 saturated heterocycles. The maximum atomic E-state index is 11.2. The molecule has 0 spiro atoms. The quantitative estimate of drug-likeness (QED) is 0.640. The average molecular weight is 242 g/mol. The van der Waals surface area contributed by atoms with Gasteiger partial charge in [0.1, 0.15) is 0 Å². The normalized spacial score (nSPS) is 31.9. The molecule has 14 heavy (non-hydrogen) atoms. The molecule has 0 unspecified atom stereocenters. The highest BCUT2D eigenvalue weighted by Crippen LogP contribution is 2.25. The zero-order valence-corrected chi connectivity index (χ0v) is 9.77. The van der Waals surface area contributed by atoms with Crippen LogP contribution in [0.5, 0.6) is 0 Å². The van der Waals surface area contributed by atoms with Crippen LogP contribution in [-0.2, 0) is 24.1 Å². The molecule has 1 aliphatic heterocycles. The Morgan fingerprint density at radius 1 is 1.36 bits per heavy atom. The van der Waals surface area contributed by atoms with E-state index in [1.54, 1.807) is 0 Å². The van der Waals surface area contributed by atoms with E-state index in [1.807, 2.05) is 6.92 Å². The van der Waals surface area contributed by atoms with Gasteiger partial charge in [0.25, 0.3) is 10.1 Å². The molecule has 1 heterocycles. The maximum absolute atomic E-state index is 11.2. The summed E-state index contributed by atoms with van der Waals surface area (Å²) in [5.74, 6) is -0.350. The van der Waals surface area contributed by atoms with Crippen LogP contribution in [-0.4, -0.2) is 40.7 Å². The first-order chi connectivity index (χ1) is 6.23. The van der Waals surface area contributed by atoms with Gasteiger partial charge in [0.05, 0.1) is 23.9 Å². The van der Waals surface area contributed by atoms with Gasteiger partial charge in [-0.1, -0.05) is 6.92 Å². The van der Waals surface area contributed by atoms with Gasteiger partial charge in [0, 0.05) is 5.92 Å². The van der Waals surface area contributed by atoms with Crippen LogP contribution in [0.2, 0.25) is 0 Å². The summed E-state index contributed by atoms with van der Waals surface area (Å²) in [5.41, 5.74) is 0. The molecule has 5 nitrogen and oxygen atoms in total. The Morgan fingerprint density at radius 3 is 2.36 bits per heavy atom. The van der Waals surface area contributed by atoms with Crippen LogP contribution < -0.4 is 0 Å². The topological polar surface area (TPSA) is 77.5 Å². The van der Waals surface area contributed by atoms with Crippen molar-refractivity contribution in [3.63, 3.8) is 0 Å². The zero-order chi connectivity index (χ0) is 11.0. The van der Waals surface area contributed by atoms with Gasteiger partial charge in [-0.2, -0.15) is 8.42 Å². The van der Waals surface area contributed by atoms with Crippen molar-refractivity contribution in [2.45, 2.75) is 19.4 Å². The van der Waals surface area contributed by atoms with Gasteiger partial charge in [0.2, 0.25) is 0 Å². The van der Waals surface area contributed by atoms with Crippen molar-refractivity contribution in [1.29, 1.82) is 0 Å². The minimum Gasteiger partial charge on any atom is -0.266 e. The predicted octanol–water partition coefficient (Wildman–Crippen LogP) is -0.214. The Bertz CT molecular complexity index is 394. The highest BCUT2D eigenvalue weighted by molar-refractivity contribution is 7.91. The van der Waals surface area contributed by atoms with Gasteiger partial charge < -0.3 is 0 Å². The van der Waals surface area contributed by atoms with Crippen LogP contribution in [0.25, 0.3) is 0 Å². The van der Waals surface area contributed by atoms with Crippen molar-refractivity contribution < 1.29 is 21.0 Å². The number of sulfone groups is 1. The highest BCUT2D eigenvalue weighted by Gasteiger charge is 2.39. The Hall–Kier alpha value is -0.140. The molecule has 0 bridgehead atoms. The van der Waals surface area contributed by atoms with Crippen LogP contribution >= 0.6 is 0 Å². The minimum absolute atomic E-state index is 0.0314. The van der Waals surface area contributed by atoms with Crippen molar-refractivity contribution >= 4 is 20.0 Å². The van der Waals surface area contributed by atoms with E-state index < -0.39 is 26.1 Å². The van der Waals surface area contributed by atoms with Crippen LogP contribution in [0, 0.1) is 5.92 Å². The van der Waals surface area contributed by atoms with E-state index in [4.69, 9.17) is 4.18 Å². The van der Waals surface area contributed by atoms with E-state index in [9.17, 15) is 16.8 Å². The number of hydrogen-bond donors (Lipinski definition) is 0. The van der Waals surface area contributed by atoms with Crippen molar-refractivity contribution in [3.05, 3.63) is 0 Å². The van der Waals surface area contributed by atoms with Gasteiger partial charge in [-0.25, -0.2) is 8.42 Å². The Labute approximate surface area is 84.5 Å². The molecule has 0 radical (unpaired) electrons. The molecule has 2 atom stereocenters. The third kappa shape index (κ3) is 3.21. The lowest BCUT2D eigenvalue weighted by Gasteiger charge is -2.14. The molecule has 84 valence electrons. The van der Waals surface area contributed by atoms with E-state index in [0.29, 0.717) is 6.42 Å². The molecule has 1 rings (SSSR count). The van der Waals surface area contributed by atoms with Gasteiger partial charge in [-0.15, -0.1) is 0 Å². The van der Waals surface area contributed by atoms with E-state index in [-0.39, 0.29) is 17.4 Å². The van der Waals surface area contributed by atoms with Crippen LogP contribution in [0.1, 0.15) is 13.3 Å². The zero-order valence-electron chi connectivity index (χ0n) is 8.13. The van der Waals surface area contributed by atoms with Crippen molar-refractivity contribution in [3.8, 4) is 0 Å². The second-order valence-corrected chi connectivity index (χ2v) is 7.34. The molecule has 1 aliphatic rings. The largest absolute Gasteiger partial charge is 0.266 e. The summed E-state index contributed by atoms with van der Waals surface area (Å²) in [5, 5.41) is 0. The second kappa shape index (κ2) is 3.79. The van der Waals surface area contributed by atoms with Crippen molar-refractivity contribution in [2.24, 2.45) is 5.92 Å². The highest BCUT2D eigenvalue weighted by atomic mass is 32.2. The smallest absolute Gasteiger partial charge is 0.264 e. The molecule has 0 amide bonds. The summed E-state index contributed by atoms with van der Waals surface area (Å²) in [6, 6.07) is 0. The molecular weight excluding hydrogens is 228 g/mol.